The van der Waals surface area contributed by atoms with E-state index in [0.29, 0.717) is 5.56 Å². The number of ether oxygens (including phenoxy) is 4. The highest BCUT2D eigenvalue weighted by Crippen LogP contribution is 2.42. The number of benzene rings is 2. The molecule has 1 aromatic heterocycles. The number of hydrogen-bond acceptors (Lipinski definition) is 15. The Bertz CT molecular complexity index is 1470. The summed E-state index contributed by atoms with van der Waals surface area (Å²) in [6.45, 7) is 0.611. The van der Waals surface area contributed by atoms with Crippen LogP contribution in [0.1, 0.15) is 6.92 Å². The van der Waals surface area contributed by atoms with E-state index in [1.54, 1.807) is 0 Å². The van der Waals surface area contributed by atoms with E-state index in [2.05, 4.69) is 0 Å². The molecule has 42 heavy (non-hydrogen) atoms. The molecular formula is C27H30O15. The van der Waals surface area contributed by atoms with Crippen LogP contribution in [0.2, 0.25) is 0 Å². The van der Waals surface area contributed by atoms with E-state index in [1.165, 1.54) is 31.2 Å². The molecular weight excluding hydrogens is 564 g/mol. The first-order chi connectivity index (χ1) is 19.9. The zero-order valence-electron chi connectivity index (χ0n) is 21.9. The highest BCUT2D eigenvalue weighted by atomic mass is 16.8. The molecule has 0 radical (unpaired) electrons. The molecule has 2 aliphatic rings. The molecule has 228 valence electrons. The third-order valence-electron chi connectivity index (χ3n) is 7.24. The van der Waals surface area contributed by atoms with E-state index in [1.807, 2.05) is 0 Å². The number of phenolic OH excluding ortho intramolecular Hbond substituents is 3. The SMILES string of the molecule is CC1OC(OC2C(Oc3cc(O)c4c(=O)cc(-c5ccc(O)cc5)oc4c3O)OC(CO)C(O)C2O)C(O)C(O)C1O. The van der Waals surface area contributed by atoms with Gasteiger partial charge in [-0.2, -0.15) is 0 Å². The van der Waals surface area contributed by atoms with Gasteiger partial charge in [-0.1, -0.05) is 0 Å². The van der Waals surface area contributed by atoms with Crippen molar-refractivity contribution in [2.75, 3.05) is 6.61 Å². The standard InChI is InChI=1S/C27H30O15/c1-9-18(32)21(35)23(37)26(38-9)42-25-22(36)19(33)16(8-28)41-27(25)40-15-7-13(31)17-12(30)6-14(39-24(17)20(15)34)10-2-4-11(29)5-3-10/h2-7,9,16,18-19,21-23,25-29,31-37H,8H2,1H3. The van der Waals surface area contributed by atoms with Crippen molar-refractivity contribution in [2.45, 2.75) is 68.3 Å². The van der Waals surface area contributed by atoms with Gasteiger partial charge in [0, 0.05) is 17.7 Å². The second-order valence-electron chi connectivity index (χ2n) is 10.1. The Balaban J connectivity index is 1.51. The first-order valence-corrected chi connectivity index (χ1v) is 12.9. The summed E-state index contributed by atoms with van der Waals surface area (Å²) < 4.78 is 28.0. The van der Waals surface area contributed by atoms with Gasteiger partial charge in [-0.25, -0.2) is 0 Å². The van der Waals surface area contributed by atoms with Crippen LogP contribution in [0.5, 0.6) is 23.0 Å². The van der Waals surface area contributed by atoms with Crippen LogP contribution in [0.25, 0.3) is 22.3 Å². The largest absolute Gasteiger partial charge is 0.508 e. The maximum absolute atomic E-state index is 12.8. The van der Waals surface area contributed by atoms with Crippen molar-refractivity contribution in [1.82, 2.24) is 0 Å². The molecule has 0 amide bonds. The second-order valence-corrected chi connectivity index (χ2v) is 10.1. The number of aromatic hydroxyl groups is 3. The third kappa shape index (κ3) is 5.37. The summed E-state index contributed by atoms with van der Waals surface area (Å²) in [5, 5.41) is 92.3. The van der Waals surface area contributed by atoms with Gasteiger partial charge < -0.3 is 69.3 Å². The van der Waals surface area contributed by atoms with E-state index in [4.69, 9.17) is 23.4 Å². The lowest BCUT2D eigenvalue weighted by Gasteiger charge is -2.45. The molecule has 0 saturated carbocycles. The summed E-state index contributed by atoms with van der Waals surface area (Å²) >= 11 is 0. The number of rotatable bonds is 6. The predicted octanol–water partition coefficient (Wildman–Crippen LogP) is -1.39. The van der Waals surface area contributed by atoms with Crippen molar-refractivity contribution in [3.05, 3.63) is 46.6 Å². The van der Waals surface area contributed by atoms with Crippen LogP contribution in [-0.2, 0) is 14.2 Å². The summed E-state index contributed by atoms with van der Waals surface area (Å²) in [5.74, 6) is -2.02. The highest BCUT2D eigenvalue weighted by Gasteiger charge is 2.51. The maximum Gasteiger partial charge on any atom is 0.229 e. The molecule has 0 spiro atoms. The minimum Gasteiger partial charge on any atom is -0.508 e. The van der Waals surface area contributed by atoms with E-state index >= 15 is 0 Å². The number of phenols is 3. The van der Waals surface area contributed by atoms with Crippen molar-refractivity contribution in [3.8, 4) is 34.3 Å². The Morgan fingerprint density at radius 2 is 1.52 bits per heavy atom. The molecule has 2 fully saturated rings. The minimum absolute atomic E-state index is 0.0216. The second kappa shape index (κ2) is 11.6. The van der Waals surface area contributed by atoms with Gasteiger partial charge >= 0.3 is 0 Å². The first kappa shape index (κ1) is 30.0. The topological polar surface area (TPSA) is 249 Å². The van der Waals surface area contributed by atoms with Crippen molar-refractivity contribution < 1.29 is 69.3 Å². The van der Waals surface area contributed by atoms with Gasteiger partial charge in [0.2, 0.25) is 12.0 Å². The van der Waals surface area contributed by atoms with Gasteiger partial charge in [0.05, 0.1) is 12.7 Å². The molecule has 2 saturated heterocycles. The van der Waals surface area contributed by atoms with Crippen LogP contribution in [0.3, 0.4) is 0 Å². The van der Waals surface area contributed by atoms with Gasteiger partial charge in [0.15, 0.2) is 29.2 Å². The lowest BCUT2D eigenvalue weighted by molar-refractivity contribution is -0.354. The number of aliphatic hydroxyl groups excluding tert-OH is 6. The highest BCUT2D eigenvalue weighted by molar-refractivity contribution is 5.91. The molecule has 2 aromatic carbocycles. The Labute approximate surface area is 236 Å². The molecule has 3 heterocycles. The lowest BCUT2D eigenvalue weighted by atomic mass is 9.97. The van der Waals surface area contributed by atoms with Crippen LogP contribution in [0, 0.1) is 0 Å². The van der Waals surface area contributed by atoms with E-state index in [0.717, 1.165) is 12.1 Å². The molecule has 5 rings (SSSR count). The van der Waals surface area contributed by atoms with Crippen LogP contribution >= 0.6 is 0 Å². The number of fused-ring (bicyclic) bond motifs is 1. The average Bonchev–Trinajstić information content (AvgIpc) is 2.96. The van der Waals surface area contributed by atoms with E-state index < -0.39 is 96.3 Å². The summed E-state index contributed by atoms with van der Waals surface area (Å²) in [7, 11) is 0. The third-order valence-corrected chi connectivity index (χ3v) is 7.24. The van der Waals surface area contributed by atoms with E-state index in [9.17, 15) is 50.8 Å². The Morgan fingerprint density at radius 1 is 0.833 bits per heavy atom. The van der Waals surface area contributed by atoms with Crippen molar-refractivity contribution in [2.24, 2.45) is 0 Å². The van der Waals surface area contributed by atoms with Crippen molar-refractivity contribution >= 4 is 11.0 Å². The Kier molecular flexibility index (Phi) is 8.30. The average molecular weight is 595 g/mol. The normalized spacial score (nSPS) is 33.5. The molecule has 15 heteroatoms. The fourth-order valence-corrected chi connectivity index (χ4v) is 4.84. The van der Waals surface area contributed by atoms with Gasteiger partial charge in [-0.05, 0) is 31.2 Å². The Morgan fingerprint density at radius 3 is 2.19 bits per heavy atom. The summed E-state index contributed by atoms with van der Waals surface area (Å²) in [4.78, 5) is 12.8. The fourth-order valence-electron chi connectivity index (χ4n) is 4.84. The van der Waals surface area contributed by atoms with Gasteiger partial charge in [-0.3, -0.25) is 4.79 Å². The van der Waals surface area contributed by atoms with Gasteiger partial charge in [-0.15, -0.1) is 0 Å². The van der Waals surface area contributed by atoms with Crippen molar-refractivity contribution in [3.63, 3.8) is 0 Å². The summed E-state index contributed by atoms with van der Waals surface area (Å²) in [5.41, 5.74) is -0.840. The van der Waals surface area contributed by atoms with Crippen molar-refractivity contribution in [1.29, 1.82) is 0 Å². The van der Waals surface area contributed by atoms with Crippen LogP contribution in [-0.4, -0.2) is 114 Å². The maximum atomic E-state index is 12.8. The predicted molar refractivity (Wildman–Crippen MR) is 139 cm³/mol. The molecule has 0 bridgehead atoms. The van der Waals surface area contributed by atoms with Crippen LogP contribution in [0.4, 0.5) is 0 Å². The Hall–Kier alpha value is -3.51. The van der Waals surface area contributed by atoms with Gasteiger partial charge in [0.1, 0.15) is 59.3 Å². The van der Waals surface area contributed by atoms with Crippen LogP contribution in [0.15, 0.2) is 45.6 Å². The zero-order chi connectivity index (χ0) is 30.5. The molecule has 2 aliphatic heterocycles. The molecule has 0 aliphatic carbocycles. The van der Waals surface area contributed by atoms with E-state index in [-0.39, 0.29) is 16.9 Å². The minimum atomic E-state index is -1.84. The van der Waals surface area contributed by atoms with Gasteiger partial charge in [0.25, 0.3) is 0 Å². The zero-order valence-corrected chi connectivity index (χ0v) is 21.9. The number of aliphatic hydroxyl groups is 6. The number of hydrogen-bond donors (Lipinski definition) is 9. The first-order valence-electron chi connectivity index (χ1n) is 12.9. The van der Waals surface area contributed by atoms with Crippen LogP contribution < -0.4 is 10.2 Å². The molecule has 3 aromatic rings. The quantitative estimate of drug-likeness (QED) is 0.149. The summed E-state index contributed by atoms with van der Waals surface area (Å²) in [6.07, 6.45) is -16.1. The molecule has 10 atom stereocenters. The summed E-state index contributed by atoms with van der Waals surface area (Å²) in [6, 6.07) is 7.55. The fraction of sp³-hybridized carbons (Fsp3) is 0.444. The monoisotopic (exact) mass is 594 g/mol. The molecule has 15 nitrogen and oxygen atoms in total. The molecule has 9 N–H and O–H groups in total. The smallest absolute Gasteiger partial charge is 0.229 e. The lowest BCUT2D eigenvalue weighted by Crippen LogP contribution is -2.64. The molecule has 10 unspecified atom stereocenters.